The summed E-state index contributed by atoms with van der Waals surface area (Å²) in [6, 6.07) is 65.3. The quantitative estimate of drug-likeness (QED) is 0.179. The van der Waals surface area contributed by atoms with E-state index in [1.165, 1.54) is 43.6 Å². The predicted molar refractivity (Wildman–Crippen MR) is 213 cm³/mol. The fraction of sp³-hybridized carbons (Fsp3) is 0. The molecule has 0 aliphatic rings. The Balaban J connectivity index is 1.26. The van der Waals surface area contributed by atoms with E-state index >= 15 is 0 Å². The second-order valence-corrected chi connectivity index (χ2v) is 12.9. The Morgan fingerprint density at radius 3 is 1.55 bits per heavy atom. The zero-order valence-corrected chi connectivity index (χ0v) is 27.8. The van der Waals surface area contributed by atoms with Crippen molar-refractivity contribution < 1.29 is 0 Å². The van der Waals surface area contributed by atoms with E-state index in [0.29, 0.717) is 0 Å². The van der Waals surface area contributed by atoms with E-state index < -0.39 is 0 Å². The van der Waals surface area contributed by atoms with Crippen LogP contribution < -0.4 is 4.90 Å². The molecule has 0 radical (unpaired) electrons. The summed E-state index contributed by atoms with van der Waals surface area (Å²) in [6.45, 7) is 0. The molecule has 51 heavy (non-hydrogen) atoms. The van der Waals surface area contributed by atoms with Gasteiger partial charge in [0.1, 0.15) is 0 Å². The topological polar surface area (TPSA) is 26.0 Å². The average molecular weight is 653 g/mol. The lowest BCUT2D eigenvalue weighted by atomic mass is 10.0. The molecule has 240 valence electrons. The zero-order chi connectivity index (χ0) is 33.7. The molecule has 0 aliphatic carbocycles. The fourth-order valence-electron chi connectivity index (χ4n) is 7.74. The molecule has 0 fully saturated rings. The van der Waals surface area contributed by atoms with Gasteiger partial charge in [0, 0.05) is 50.5 Å². The van der Waals surface area contributed by atoms with Crippen LogP contribution >= 0.6 is 0 Å². The van der Waals surface area contributed by atoms with Crippen LogP contribution in [-0.4, -0.2) is 14.1 Å². The van der Waals surface area contributed by atoms with Crippen LogP contribution in [0, 0.1) is 0 Å². The molecule has 3 heterocycles. The van der Waals surface area contributed by atoms with E-state index in [4.69, 9.17) is 0 Å². The smallest absolute Gasteiger partial charge is 0.0644 e. The van der Waals surface area contributed by atoms with Crippen molar-refractivity contribution >= 4 is 60.7 Å². The predicted octanol–water partition coefficient (Wildman–Crippen LogP) is 12.4. The molecule has 0 saturated carbocycles. The lowest BCUT2D eigenvalue weighted by Crippen LogP contribution is -2.11. The minimum Gasteiger partial charge on any atom is -0.309 e. The highest BCUT2D eigenvalue weighted by atomic mass is 15.1. The molecule has 10 aromatic rings. The summed E-state index contributed by atoms with van der Waals surface area (Å²) in [4.78, 5) is 6.83. The number of anilines is 3. The van der Waals surface area contributed by atoms with Gasteiger partial charge in [-0.2, -0.15) is 0 Å². The van der Waals surface area contributed by atoms with Gasteiger partial charge in [-0.05, 0) is 96.1 Å². The van der Waals surface area contributed by atoms with Gasteiger partial charge in [-0.1, -0.05) is 97.1 Å². The number of hydrogen-bond donors (Lipinski definition) is 0. The van der Waals surface area contributed by atoms with Crippen LogP contribution in [0.2, 0.25) is 0 Å². The van der Waals surface area contributed by atoms with E-state index in [2.05, 4.69) is 195 Å². The van der Waals surface area contributed by atoms with Gasteiger partial charge in [0.2, 0.25) is 0 Å². The Labute approximate surface area is 295 Å². The first-order valence-electron chi connectivity index (χ1n) is 17.3. The van der Waals surface area contributed by atoms with Gasteiger partial charge >= 0.3 is 0 Å². The lowest BCUT2D eigenvalue weighted by Gasteiger charge is -2.26. The molecule has 0 amide bonds. The van der Waals surface area contributed by atoms with Crippen LogP contribution in [0.1, 0.15) is 0 Å². The zero-order valence-electron chi connectivity index (χ0n) is 27.8. The summed E-state index contributed by atoms with van der Waals surface area (Å²) in [5.41, 5.74) is 12.4. The second-order valence-electron chi connectivity index (χ2n) is 12.9. The molecule has 0 saturated heterocycles. The Morgan fingerprint density at radius 2 is 0.902 bits per heavy atom. The molecule has 0 aliphatic heterocycles. The fourth-order valence-corrected chi connectivity index (χ4v) is 7.74. The largest absolute Gasteiger partial charge is 0.309 e. The van der Waals surface area contributed by atoms with Crippen molar-refractivity contribution in [3.05, 3.63) is 194 Å². The highest BCUT2D eigenvalue weighted by Gasteiger charge is 2.19. The van der Waals surface area contributed by atoms with E-state index in [-0.39, 0.29) is 0 Å². The lowest BCUT2D eigenvalue weighted by molar-refractivity contribution is 1.16. The second kappa shape index (κ2) is 11.9. The number of para-hydroxylation sites is 5. The van der Waals surface area contributed by atoms with Crippen LogP contribution in [0.5, 0.6) is 0 Å². The molecule has 3 aromatic heterocycles. The summed E-state index contributed by atoms with van der Waals surface area (Å²) in [6.07, 6.45) is 3.76. The van der Waals surface area contributed by atoms with Crippen LogP contribution in [0.25, 0.3) is 66.1 Å². The maximum absolute atomic E-state index is 4.53. The number of aromatic nitrogens is 3. The number of fused-ring (bicyclic) bond motifs is 6. The molecule has 4 heteroatoms. The normalized spacial score (nSPS) is 11.5. The van der Waals surface area contributed by atoms with E-state index in [9.17, 15) is 0 Å². The van der Waals surface area contributed by atoms with E-state index in [1.54, 1.807) is 0 Å². The molecule has 0 bridgehead atoms. The van der Waals surface area contributed by atoms with Gasteiger partial charge in [0.25, 0.3) is 0 Å². The average Bonchev–Trinajstić information content (AvgIpc) is 3.72. The molecule has 0 atom stereocenters. The first kappa shape index (κ1) is 29.0. The van der Waals surface area contributed by atoms with Crippen LogP contribution in [-0.2, 0) is 0 Å². The minimum absolute atomic E-state index is 0.996. The summed E-state index contributed by atoms with van der Waals surface area (Å²) >= 11 is 0. The number of hydrogen-bond acceptors (Lipinski definition) is 2. The SMILES string of the molecule is c1ccc(N(c2cccnc2)c2cc(-c3ccc4c(c3)c3ccccc3n4-c3ccccc3)cc(-n3c4ccccc4c4ccccc43)c2)cc1. The molecular weight excluding hydrogens is 621 g/mol. The number of rotatable bonds is 6. The van der Waals surface area contributed by atoms with Gasteiger partial charge in [-0.15, -0.1) is 0 Å². The summed E-state index contributed by atoms with van der Waals surface area (Å²) in [5.74, 6) is 0. The van der Waals surface area contributed by atoms with Crippen molar-refractivity contribution in [2.24, 2.45) is 0 Å². The number of nitrogens with zero attached hydrogens (tertiary/aromatic N) is 4. The highest BCUT2D eigenvalue weighted by Crippen LogP contribution is 2.41. The number of pyridine rings is 1. The summed E-state index contributed by atoms with van der Waals surface area (Å²) in [5, 5.41) is 4.94. The first-order chi connectivity index (χ1) is 25.3. The Hall–Kier alpha value is -6.91. The summed E-state index contributed by atoms with van der Waals surface area (Å²) < 4.78 is 4.78. The molecule has 0 N–H and O–H groups in total. The van der Waals surface area contributed by atoms with Crippen LogP contribution in [0.4, 0.5) is 17.1 Å². The van der Waals surface area contributed by atoms with Crippen LogP contribution in [0.3, 0.4) is 0 Å². The maximum atomic E-state index is 4.53. The monoisotopic (exact) mass is 652 g/mol. The van der Waals surface area contributed by atoms with Crippen molar-refractivity contribution in [1.29, 1.82) is 0 Å². The molecule has 0 unspecified atom stereocenters. The molecule has 0 spiro atoms. The standard InChI is InChI=1S/C47H32N4/c1-3-14-35(15-4-1)49(37-18-13-27-48-32-37)38-28-34(29-39(31-38)51-44-22-10-7-19-40(44)41-20-8-11-23-45(41)51)33-25-26-47-43(30-33)42-21-9-12-24-46(42)50(47)36-16-5-2-6-17-36/h1-32H. The molecular formula is C47H32N4. The van der Waals surface area contributed by atoms with Crippen molar-refractivity contribution in [2.75, 3.05) is 4.90 Å². The third kappa shape index (κ3) is 4.80. The third-order valence-corrected chi connectivity index (χ3v) is 9.94. The molecule has 4 nitrogen and oxygen atoms in total. The van der Waals surface area contributed by atoms with E-state index in [0.717, 1.165) is 39.6 Å². The third-order valence-electron chi connectivity index (χ3n) is 9.94. The van der Waals surface area contributed by atoms with Gasteiger partial charge in [-0.25, -0.2) is 0 Å². The van der Waals surface area contributed by atoms with Crippen molar-refractivity contribution in [1.82, 2.24) is 14.1 Å². The van der Waals surface area contributed by atoms with Gasteiger partial charge < -0.3 is 14.0 Å². The summed E-state index contributed by atoms with van der Waals surface area (Å²) in [7, 11) is 0. The maximum Gasteiger partial charge on any atom is 0.0644 e. The number of benzene rings is 7. The van der Waals surface area contributed by atoms with Gasteiger partial charge in [0.05, 0.1) is 34.0 Å². The minimum atomic E-state index is 0.996. The Kier molecular flexibility index (Phi) is 6.78. The molecule has 10 rings (SSSR count). The Morgan fingerprint density at radius 1 is 0.353 bits per heavy atom. The van der Waals surface area contributed by atoms with Gasteiger partial charge in [0.15, 0.2) is 0 Å². The van der Waals surface area contributed by atoms with Crippen molar-refractivity contribution in [3.63, 3.8) is 0 Å². The first-order valence-corrected chi connectivity index (χ1v) is 17.3. The van der Waals surface area contributed by atoms with Crippen LogP contribution in [0.15, 0.2) is 194 Å². The van der Waals surface area contributed by atoms with Crippen molar-refractivity contribution in [3.8, 4) is 22.5 Å². The Bertz CT molecular complexity index is 2760. The van der Waals surface area contributed by atoms with Gasteiger partial charge in [-0.3, -0.25) is 4.98 Å². The molecule has 7 aromatic carbocycles. The van der Waals surface area contributed by atoms with E-state index in [1.807, 2.05) is 18.5 Å². The van der Waals surface area contributed by atoms with Crippen molar-refractivity contribution in [2.45, 2.75) is 0 Å². The highest BCUT2D eigenvalue weighted by molar-refractivity contribution is 6.11.